The number of aromatic hydroxyl groups is 1. The normalized spacial score (nSPS) is 11.1. The van der Waals surface area contributed by atoms with Crippen molar-refractivity contribution >= 4 is 33.0 Å². The van der Waals surface area contributed by atoms with Gasteiger partial charge in [0, 0.05) is 22.5 Å². The van der Waals surface area contributed by atoms with E-state index in [4.69, 9.17) is 16.3 Å². The molecule has 0 saturated carbocycles. The number of sulfone groups is 1. The molecule has 8 heteroatoms. The molecule has 2 N–H and O–H groups in total. The first-order valence-electron chi connectivity index (χ1n) is 8.52. The molecule has 6 nitrogen and oxygen atoms in total. The lowest BCUT2D eigenvalue weighted by Gasteiger charge is -2.12. The van der Waals surface area contributed by atoms with Crippen LogP contribution in [0.1, 0.15) is 15.9 Å². The van der Waals surface area contributed by atoms with E-state index in [2.05, 4.69) is 5.32 Å². The van der Waals surface area contributed by atoms with E-state index in [1.54, 1.807) is 49.4 Å². The molecule has 0 bridgehead atoms. The lowest BCUT2D eigenvalue weighted by atomic mass is 10.1. The molecule has 29 heavy (non-hydrogen) atoms. The molecule has 3 rings (SSSR count). The first-order valence-corrected chi connectivity index (χ1v) is 10.8. The summed E-state index contributed by atoms with van der Waals surface area (Å²) < 4.78 is 29.2. The molecule has 0 aromatic heterocycles. The Bertz CT molecular complexity index is 1170. The molecule has 0 aliphatic heterocycles. The van der Waals surface area contributed by atoms with E-state index in [0.717, 1.165) is 6.26 Å². The molecule has 0 heterocycles. The number of rotatable bonds is 5. The van der Waals surface area contributed by atoms with Gasteiger partial charge in [0.15, 0.2) is 9.84 Å². The van der Waals surface area contributed by atoms with Crippen LogP contribution in [0.15, 0.2) is 65.6 Å². The van der Waals surface area contributed by atoms with Gasteiger partial charge in [-0.25, -0.2) is 8.42 Å². The summed E-state index contributed by atoms with van der Waals surface area (Å²) in [7, 11) is -3.63. The molecule has 3 aromatic rings. The molecule has 0 spiro atoms. The zero-order valence-corrected chi connectivity index (χ0v) is 17.2. The fourth-order valence-corrected chi connectivity index (χ4v) is 3.60. The molecule has 0 atom stereocenters. The highest BCUT2D eigenvalue weighted by atomic mass is 35.5. The molecule has 3 aromatic carbocycles. The summed E-state index contributed by atoms with van der Waals surface area (Å²) >= 11 is 5.86. The van der Waals surface area contributed by atoms with Crippen LogP contribution in [0.5, 0.6) is 17.2 Å². The number of phenolic OH excluding ortho intramolecular Hbond substituents is 1. The van der Waals surface area contributed by atoms with Gasteiger partial charge in [-0.05, 0) is 73.2 Å². The van der Waals surface area contributed by atoms with Crippen molar-refractivity contribution in [1.29, 1.82) is 0 Å². The van der Waals surface area contributed by atoms with E-state index in [1.165, 1.54) is 18.2 Å². The molecular formula is C21H18ClNO5S. The lowest BCUT2D eigenvalue weighted by molar-refractivity contribution is 0.102. The van der Waals surface area contributed by atoms with Gasteiger partial charge in [-0.1, -0.05) is 11.6 Å². The highest BCUT2D eigenvalue weighted by Gasteiger charge is 2.16. The number of aryl methyl sites for hydroxylation is 1. The molecule has 0 unspecified atom stereocenters. The Labute approximate surface area is 173 Å². The number of ether oxygens (including phenoxy) is 1. The third kappa shape index (κ3) is 5.07. The van der Waals surface area contributed by atoms with Gasteiger partial charge in [0.05, 0.1) is 0 Å². The van der Waals surface area contributed by atoms with Gasteiger partial charge in [-0.15, -0.1) is 0 Å². The maximum absolute atomic E-state index is 12.6. The van der Waals surface area contributed by atoms with Gasteiger partial charge in [0.2, 0.25) is 0 Å². The summed E-state index contributed by atoms with van der Waals surface area (Å²) in [6, 6.07) is 15.8. The Morgan fingerprint density at radius 3 is 2.28 bits per heavy atom. The van der Waals surface area contributed by atoms with Crippen LogP contribution in [0.4, 0.5) is 5.69 Å². The highest BCUT2D eigenvalue weighted by Crippen LogP contribution is 2.28. The molecule has 0 saturated heterocycles. The third-order valence-corrected chi connectivity index (χ3v) is 5.49. The molecule has 0 radical (unpaired) electrons. The molecule has 150 valence electrons. The minimum Gasteiger partial charge on any atom is -0.507 e. The van der Waals surface area contributed by atoms with Crippen molar-refractivity contribution in [2.24, 2.45) is 0 Å². The standard InChI is InChI=1S/C21H18ClNO5S/c1-13-11-17(28-16-6-3-14(22)4-7-16)8-9-18(13)21(25)23-15-5-10-19(24)20(12-15)29(2,26)27/h3-12,24H,1-2H3,(H,23,25). The molecular weight excluding hydrogens is 414 g/mol. The zero-order chi connectivity index (χ0) is 21.2. The summed E-state index contributed by atoms with van der Waals surface area (Å²) in [4.78, 5) is 12.4. The predicted molar refractivity (Wildman–Crippen MR) is 112 cm³/mol. The van der Waals surface area contributed by atoms with Crippen molar-refractivity contribution in [2.45, 2.75) is 11.8 Å². The van der Waals surface area contributed by atoms with Gasteiger partial charge >= 0.3 is 0 Å². The van der Waals surface area contributed by atoms with Crippen LogP contribution in [0, 0.1) is 6.92 Å². The Kier molecular flexibility index (Phi) is 5.81. The zero-order valence-electron chi connectivity index (χ0n) is 15.6. The Morgan fingerprint density at radius 2 is 1.66 bits per heavy atom. The maximum Gasteiger partial charge on any atom is 0.255 e. The van der Waals surface area contributed by atoms with Gasteiger partial charge in [0.25, 0.3) is 5.91 Å². The van der Waals surface area contributed by atoms with E-state index < -0.39 is 15.7 Å². The summed E-state index contributed by atoms with van der Waals surface area (Å²) in [5.41, 5.74) is 1.34. The second kappa shape index (κ2) is 8.14. The van der Waals surface area contributed by atoms with Crippen molar-refractivity contribution in [1.82, 2.24) is 0 Å². The number of hydrogen-bond acceptors (Lipinski definition) is 5. The van der Waals surface area contributed by atoms with E-state index in [0.29, 0.717) is 27.6 Å². The summed E-state index contributed by atoms with van der Waals surface area (Å²) in [5.74, 6) is 0.393. The average Bonchev–Trinajstić information content (AvgIpc) is 2.64. The quantitative estimate of drug-likeness (QED) is 0.566. The van der Waals surface area contributed by atoms with Gasteiger partial charge < -0.3 is 15.2 Å². The first-order chi connectivity index (χ1) is 13.6. The average molecular weight is 432 g/mol. The van der Waals surface area contributed by atoms with Gasteiger partial charge in [-0.2, -0.15) is 0 Å². The second-order valence-electron chi connectivity index (χ2n) is 6.44. The monoisotopic (exact) mass is 431 g/mol. The number of carbonyl (C=O) groups excluding carboxylic acids is 1. The first kappa shape index (κ1) is 20.7. The van der Waals surface area contributed by atoms with Crippen molar-refractivity contribution in [3.05, 3.63) is 76.8 Å². The van der Waals surface area contributed by atoms with Crippen LogP contribution in [0.3, 0.4) is 0 Å². The Balaban J connectivity index is 1.79. The minimum absolute atomic E-state index is 0.251. The molecule has 1 amide bonds. The highest BCUT2D eigenvalue weighted by molar-refractivity contribution is 7.90. The number of amides is 1. The molecule has 0 aliphatic rings. The number of nitrogens with one attached hydrogen (secondary N) is 1. The Morgan fingerprint density at radius 1 is 1.00 bits per heavy atom. The van der Waals surface area contributed by atoms with Crippen LogP contribution in [-0.4, -0.2) is 25.7 Å². The van der Waals surface area contributed by atoms with Gasteiger partial charge in [-0.3, -0.25) is 4.79 Å². The summed E-state index contributed by atoms with van der Waals surface area (Å²) in [6.07, 6.45) is 0.983. The fourth-order valence-electron chi connectivity index (χ4n) is 2.68. The second-order valence-corrected chi connectivity index (χ2v) is 8.86. The van der Waals surface area contributed by atoms with Crippen LogP contribution < -0.4 is 10.1 Å². The fraction of sp³-hybridized carbons (Fsp3) is 0.0952. The smallest absolute Gasteiger partial charge is 0.255 e. The van der Waals surface area contributed by atoms with E-state index in [9.17, 15) is 18.3 Å². The number of carbonyl (C=O) groups is 1. The van der Waals surface area contributed by atoms with Crippen molar-refractivity contribution in [2.75, 3.05) is 11.6 Å². The van der Waals surface area contributed by atoms with Crippen molar-refractivity contribution in [3.63, 3.8) is 0 Å². The summed E-state index contributed by atoms with van der Waals surface area (Å²) in [6.45, 7) is 1.77. The van der Waals surface area contributed by atoms with E-state index >= 15 is 0 Å². The molecule has 0 fully saturated rings. The third-order valence-electron chi connectivity index (χ3n) is 4.11. The number of anilines is 1. The minimum atomic E-state index is -3.63. The predicted octanol–water partition coefficient (Wildman–Crippen LogP) is 4.80. The number of phenols is 1. The van der Waals surface area contributed by atoms with Crippen LogP contribution in [0.2, 0.25) is 5.02 Å². The Hall–Kier alpha value is -3.03. The van der Waals surface area contributed by atoms with Crippen LogP contribution in [0.25, 0.3) is 0 Å². The topological polar surface area (TPSA) is 92.7 Å². The summed E-state index contributed by atoms with van der Waals surface area (Å²) in [5, 5.41) is 13.0. The number of halogens is 1. The number of hydrogen-bond donors (Lipinski definition) is 2. The maximum atomic E-state index is 12.6. The SMILES string of the molecule is Cc1cc(Oc2ccc(Cl)cc2)ccc1C(=O)Nc1ccc(O)c(S(C)(=O)=O)c1. The van der Waals surface area contributed by atoms with E-state index in [1.807, 2.05) is 0 Å². The van der Waals surface area contributed by atoms with Crippen LogP contribution >= 0.6 is 11.6 Å². The number of benzene rings is 3. The lowest BCUT2D eigenvalue weighted by Crippen LogP contribution is -2.13. The van der Waals surface area contributed by atoms with Gasteiger partial charge in [0.1, 0.15) is 22.1 Å². The van der Waals surface area contributed by atoms with E-state index in [-0.39, 0.29) is 16.3 Å². The van der Waals surface area contributed by atoms with Crippen LogP contribution in [-0.2, 0) is 9.84 Å². The van der Waals surface area contributed by atoms with Crippen molar-refractivity contribution in [3.8, 4) is 17.2 Å². The van der Waals surface area contributed by atoms with Crippen molar-refractivity contribution < 1.29 is 23.1 Å². The molecule has 0 aliphatic carbocycles. The largest absolute Gasteiger partial charge is 0.507 e.